The van der Waals surface area contributed by atoms with E-state index in [4.69, 9.17) is 14.2 Å². The van der Waals surface area contributed by atoms with Gasteiger partial charge in [-0.2, -0.15) is 0 Å². The Morgan fingerprint density at radius 1 is 0.264 bits per heavy atom. The highest BCUT2D eigenvalue weighted by molar-refractivity contribution is 5.71. The van der Waals surface area contributed by atoms with E-state index in [-0.39, 0.29) is 31.1 Å². The van der Waals surface area contributed by atoms with Crippen LogP contribution in [0.25, 0.3) is 0 Å². The molecule has 0 aliphatic carbocycles. The van der Waals surface area contributed by atoms with Crippen molar-refractivity contribution in [1.82, 2.24) is 0 Å². The van der Waals surface area contributed by atoms with Gasteiger partial charge in [-0.25, -0.2) is 0 Å². The number of carbonyl (C=O) groups is 3. The Hall–Kier alpha value is -1.85. The lowest BCUT2D eigenvalue weighted by atomic mass is 10.0. The van der Waals surface area contributed by atoms with Crippen molar-refractivity contribution in [2.45, 2.75) is 380 Å². The predicted molar refractivity (Wildman–Crippen MR) is 312 cm³/mol. The van der Waals surface area contributed by atoms with Crippen molar-refractivity contribution in [1.29, 1.82) is 0 Å². The topological polar surface area (TPSA) is 78.9 Å². The Balaban J connectivity index is 4.10. The molecule has 0 rings (SSSR count). The summed E-state index contributed by atoms with van der Waals surface area (Å²) >= 11 is 0. The van der Waals surface area contributed by atoms with Crippen molar-refractivity contribution < 1.29 is 28.6 Å². The molecule has 6 nitrogen and oxygen atoms in total. The van der Waals surface area contributed by atoms with Gasteiger partial charge >= 0.3 is 17.9 Å². The SMILES string of the molecule is CCCCCCCCCC/C=C\CCCCCCCCCCCCCC(=O)OCC(COC(=O)CCCCCCCCCC)OC(=O)CCCCCCCCCCCCCCCCCCCCCCCCC. The number of ether oxygens (including phenoxy) is 3. The first kappa shape index (κ1) is 70.1. The van der Waals surface area contributed by atoms with E-state index in [9.17, 15) is 14.4 Å². The van der Waals surface area contributed by atoms with E-state index < -0.39 is 6.10 Å². The summed E-state index contributed by atoms with van der Waals surface area (Å²) in [4.78, 5) is 38.1. The fraction of sp³-hybridized carbons (Fsp3) is 0.924. The minimum Gasteiger partial charge on any atom is -0.462 e. The third-order valence-corrected chi connectivity index (χ3v) is 15.0. The molecule has 0 aromatic rings. The number of hydrogen-bond donors (Lipinski definition) is 0. The molecule has 0 N–H and O–H groups in total. The van der Waals surface area contributed by atoms with Crippen LogP contribution in [0.1, 0.15) is 374 Å². The van der Waals surface area contributed by atoms with Crippen LogP contribution >= 0.6 is 0 Å². The third-order valence-electron chi connectivity index (χ3n) is 15.0. The maximum Gasteiger partial charge on any atom is 0.306 e. The van der Waals surface area contributed by atoms with Crippen LogP contribution in [0.5, 0.6) is 0 Å². The zero-order valence-electron chi connectivity index (χ0n) is 49.0. The molecule has 0 aliphatic rings. The molecule has 0 aliphatic heterocycles. The maximum absolute atomic E-state index is 12.9. The van der Waals surface area contributed by atoms with Crippen LogP contribution in [-0.4, -0.2) is 37.2 Å². The Kier molecular flexibility index (Phi) is 60.1. The van der Waals surface area contributed by atoms with E-state index in [0.717, 1.165) is 57.8 Å². The molecule has 0 heterocycles. The van der Waals surface area contributed by atoms with Gasteiger partial charge < -0.3 is 14.2 Å². The van der Waals surface area contributed by atoms with E-state index in [0.29, 0.717) is 19.3 Å². The molecule has 6 heteroatoms. The molecule has 0 amide bonds. The van der Waals surface area contributed by atoms with E-state index in [1.54, 1.807) is 0 Å². The predicted octanol–water partition coefficient (Wildman–Crippen LogP) is 22.1. The van der Waals surface area contributed by atoms with Gasteiger partial charge in [-0.05, 0) is 44.9 Å². The standard InChI is InChI=1S/C66H126O6/c1-4-7-10-13-16-19-21-23-25-27-29-31-33-35-37-39-41-43-45-47-50-53-56-59-65(68)71-62-63(61-70-64(67)58-55-52-49-18-15-12-9-6-3)72-66(69)60-57-54-51-48-46-44-42-40-38-36-34-32-30-28-26-24-22-20-17-14-11-8-5-2/h27,29,63H,4-26,28,30-62H2,1-3H3/b29-27-. The van der Waals surface area contributed by atoms with Gasteiger partial charge in [-0.15, -0.1) is 0 Å². The minimum absolute atomic E-state index is 0.0644. The molecule has 0 spiro atoms. The molecule has 0 aromatic heterocycles. The lowest BCUT2D eigenvalue weighted by Crippen LogP contribution is -2.30. The van der Waals surface area contributed by atoms with Crippen LogP contribution < -0.4 is 0 Å². The first-order chi connectivity index (χ1) is 35.5. The van der Waals surface area contributed by atoms with Crippen molar-refractivity contribution in [3.63, 3.8) is 0 Å². The number of rotatable bonds is 61. The van der Waals surface area contributed by atoms with E-state index in [1.165, 1.54) is 276 Å². The zero-order valence-corrected chi connectivity index (χ0v) is 49.0. The van der Waals surface area contributed by atoms with Gasteiger partial charge in [0.2, 0.25) is 0 Å². The molecular formula is C66H126O6. The third kappa shape index (κ3) is 59.0. The van der Waals surface area contributed by atoms with E-state index in [2.05, 4.69) is 32.9 Å². The van der Waals surface area contributed by atoms with Crippen molar-refractivity contribution in [3.8, 4) is 0 Å². The molecule has 0 saturated heterocycles. The lowest BCUT2D eigenvalue weighted by molar-refractivity contribution is -0.167. The van der Waals surface area contributed by atoms with Gasteiger partial charge in [0, 0.05) is 19.3 Å². The quantitative estimate of drug-likeness (QED) is 0.0261. The summed E-state index contributed by atoms with van der Waals surface area (Å²) < 4.78 is 16.9. The summed E-state index contributed by atoms with van der Waals surface area (Å²) in [7, 11) is 0. The average molecular weight is 1020 g/mol. The number of hydrogen-bond acceptors (Lipinski definition) is 6. The molecule has 426 valence electrons. The van der Waals surface area contributed by atoms with Crippen LogP contribution in [0, 0.1) is 0 Å². The van der Waals surface area contributed by atoms with Crippen molar-refractivity contribution in [2.75, 3.05) is 13.2 Å². The smallest absolute Gasteiger partial charge is 0.306 e. The lowest BCUT2D eigenvalue weighted by Gasteiger charge is -2.18. The van der Waals surface area contributed by atoms with Crippen LogP contribution in [-0.2, 0) is 28.6 Å². The molecule has 1 unspecified atom stereocenters. The fourth-order valence-corrected chi connectivity index (χ4v) is 10.1. The molecule has 0 fully saturated rings. The molecule has 0 aromatic carbocycles. The summed E-state index contributed by atoms with van der Waals surface area (Å²) in [5.74, 6) is -0.841. The van der Waals surface area contributed by atoms with Gasteiger partial charge in [-0.3, -0.25) is 14.4 Å². The van der Waals surface area contributed by atoms with Gasteiger partial charge in [0.1, 0.15) is 13.2 Å². The highest BCUT2D eigenvalue weighted by atomic mass is 16.6. The number of esters is 3. The molecule has 1 atom stereocenters. The Bertz CT molecular complexity index is 1120. The van der Waals surface area contributed by atoms with Gasteiger partial charge in [-0.1, -0.05) is 322 Å². The van der Waals surface area contributed by atoms with Crippen LogP contribution in [0.4, 0.5) is 0 Å². The van der Waals surface area contributed by atoms with Crippen LogP contribution in [0.3, 0.4) is 0 Å². The molecule has 0 bridgehead atoms. The van der Waals surface area contributed by atoms with Gasteiger partial charge in [0.25, 0.3) is 0 Å². The highest BCUT2D eigenvalue weighted by Crippen LogP contribution is 2.18. The van der Waals surface area contributed by atoms with E-state index >= 15 is 0 Å². The van der Waals surface area contributed by atoms with Crippen LogP contribution in [0.15, 0.2) is 12.2 Å². The first-order valence-corrected chi connectivity index (χ1v) is 32.7. The Morgan fingerprint density at radius 2 is 0.458 bits per heavy atom. The number of unbranched alkanes of at least 4 members (excludes halogenated alkanes) is 48. The molecule has 0 radical (unpaired) electrons. The molecular weight excluding hydrogens is 889 g/mol. The highest BCUT2D eigenvalue weighted by Gasteiger charge is 2.19. The largest absolute Gasteiger partial charge is 0.462 e. The fourth-order valence-electron chi connectivity index (χ4n) is 10.1. The normalized spacial score (nSPS) is 12.0. The second-order valence-corrected chi connectivity index (χ2v) is 22.4. The second-order valence-electron chi connectivity index (χ2n) is 22.4. The zero-order chi connectivity index (χ0) is 52.2. The number of allylic oxidation sites excluding steroid dienone is 2. The molecule has 0 saturated carbocycles. The van der Waals surface area contributed by atoms with Gasteiger partial charge in [0.05, 0.1) is 0 Å². The van der Waals surface area contributed by atoms with Crippen molar-refractivity contribution in [3.05, 3.63) is 12.2 Å². The van der Waals surface area contributed by atoms with Gasteiger partial charge in [0.15, 0.2) is 6.10 Å². The summed E-state index contributed by atoms with van der Waals surface area (Å²) in [5, 5.41) is 0. The summed E-state index contributed by atoms with van der Waals surface area (Å²) in [6.45, 7) is 6.68. The maximum atomic E-state index is 12.9. The number of carbonyl (C=O) groups excluding carboxylic acids is 3. The Labute approximate surface area is 450 Å². The van der Waals surface area contributed by atoms with Crippen molar-refractivity contribution >= 4 is 17.9 Å². The molecule has 72 heavy (non-hydrogen) atoms. The van der Waals surface area contributed by atoms with Crippen LogP contribution in [0.2, 0.25) is 0 Å². The summed E-state index contributed by atoms with van der Waals surface area (Å²) in [6.07, 6.45) is 72.5. The second kappa shape index (κ2) is 61.7. The first-order valence-electron chi connectivity index (χ1n) is 32.7. The summed E-state index contributed by atoms with van der Waals surface area (Å²) in [6, 6.07) is 0. The average Bonchev–Trinajstić information content (AvgIpc) is 3.38. The summed E-state index contributed by atoms with van der Waals surface area (Å²) in [5.41, 5.74) is 0. The monoisotopic (exact) mass is 1010 g/mol. The van der Waals surface area contributed by atoms with Crippen molar-refractivity contribution in [2.24, 2.45) is 0 Å². The minimum atomic E-state index is -0.764. The Morgan fingerprint density at radius 3 is 0.694 bits per heavy atom. The van der Waals surface area contributed by atoms with E-state index in [1.807, 2.05) is 0 Å².